The molecular weight excluding hydrogens is 394 g/mol. The molecule has 0 saturated heterocycles. The summed E-state index contributed by atoms with van der Waals surface area (Å²) in [6.07, 6.45) is 5.01. The monoisotopic (exact) mass is 421 g/mol. The van der Waals surface area contributed by atoms with Crippen molar-refractivity contribution in [2.45, 2.75) is 56.8 Å². The van der Waals surface area contributed by atoms with Gasteiger partial charge in [-0.2, -0.15) is 0 Å². The number of carbonyl (C=O) groups is 1. The van der Waals surface area contributed by atoms with Crippen LogP contribution in [0.1, 0.15) is 49.8 Å². The highest BCUT2D eigenvalue weighted by Crippen LogP contribution is 2.29. The Kier molecular flexibility index (Phi) is 6.53. The van der Waals surface area contributed by atoms with E-state index < -0.39 is 0 Å². The van der Waals surface area contributed by atoms with Gasteiger partial charge in [0.2, 0.25) is 5.91 Å². The first-order chi connectivity index (χ1) is 14.7. The van der Waals surface area contributed by atoms with Crippen LogP contribution in [-0.2, 0) is 17.8 Å². The van der Waals surface area contributed by atoms with Crippen molar-refractivity contribution in [2.24, 2.45) is 0 Å². The maximum Gasteiger partial charge on any atom is 0.262 e. The first kappa shape index (κ1) is 20.7. The number of hydrogen-bond donors (Lipinski definition) is 1. The zero-order valence-electron chi connectivity index (χ0n) is 17.3. The molecular formula is C24H27N3O2S. The molecule has 1 heterocycles. The number of nitrogens with zero attached hydrogens (tertiary/aromatic N) is 2. The van der Waals surface area contributed by atoms with E-state index in [0.717, 1.165) is 32.1 Å². The van der Waals surface area contributed by atoms with E-state index in [1.54, 1.807) is 4.57 Å². The van der Waals surface area contributed by atoms with Crippen molar-refractivity contribution in [3.63, 3.8) is 0 Å². The van der Waals surface area contributed by atoms with E-state index in [2.05, 4.69) is 35.4 Å². The number of aryl methyl sites for hydroxylation is 1. The first-order valence-electron chi connectivity index (χ1n) is 10.7. The van der Waals surface area contributed by atoms with Crippen LogP contribution in [0, 0.1) is 0 Å². The lowest BCUT2D eigenvalue weighted by Crippen LogP contribution is -2.32. The van der Waals surface area contributed by atoms with E-state index in [1.807, 2.05) is 30.3 Å². The smallest absolute Gasteiger partial charge is 0.262 e. The SMILES string of the molecule is CCCCn1c(SCC(=O)N[C@H]2CCCc3ccccc32)nc2ccccc2c1=O. The zero-order chi connectivity index (χ0) is 20.9. The van der Waals surface area contributed by atoms with Crippen LogP contribution >= 0.6 is 11.8 Å². The second-order valence-corrected chi connectivity index (χ2v) is 8.66. The molecule has 156 valence electrons. The summed E-state index contributed by atoms with van der Waals surface area (Å²) in [4.78, 5) is 30.4. The third-order valence-electron chi connectivity index (χ3n) is 5.60. The minimum atomic E-state index is -0.0295. The van der Waals surface area contributed by atoms with Crippen LogP contribution in [0.2, 0.25) is 0 Å². The Labute approximate surface area is 180 Å². The molecule has 5 nitrogen and oxygen atoms in total. The van der Waals surface area contributed by atoms with Crippen LogP contribution in [0.25, 0.3) is 10.9 Å². The maximum atomic E-state index is 13.0. The summed E-state index contributed by atoms with van der Waals surface area (Å²) in [6.45, 7) is 2.72. The minimum Gasteiger partial charge on any atom is -0.349 e. The number of rotatable bonds is 7. The molecule has 0 saturated carbocycles. The fourth-order valence-corrected chi connectivity index (χ4v) is 4.88. The number of amides is 1. The molecule has 2 aromatic carbocycles. The summed E-state index contributed by atoms with van der Waals surface area (Å²) in [5.41, 5.74) is 3.20. The van der Waals surface area contributed by atoms with Gasteiger partial charge >= 0.3 is 0 Å². The van der Waals surface area contributed by atoms with Gasteiger partial charge in [0.05, 0.1) is 22.7 Å². The molecule has 6 heteroatoms. The molecule has 0 radical (unpaired) electrons. The third kappa shape index (κ3) is 4.43. The highest BCUT2D eigenvalue weighted by molar-refractivity contribution is 7.99. The average Bonchev–Trinajstić information content (AvgIpc) is 2.77. The number of para-hydroxylation sites is 1. The summed E-state index contributed by atoms with van der Waals surface area (Å²) < 4.78 is 1.72. The van der Waals surface area contributed by atoms with Crippen LogP contribution in [0.4, 0.5) is 0 Å². The molecule has 1 atom stereocenters. The van der Waals surface area contributed by atoms with Crippen molar-refractivity contribution in [1.29, 1.82) is 0 Å². The maximum absolute atomic E-state index is 13.0. The Balaban J connectivity index is 1.50. The van der Waals surface area contributed by atoms with Gasteiger partial charge in [-0.1, -0.05) is 61.5 Å². The first-order valence-corrected chi connectivity index (χ1v) is 11.7. The van der Waals surface area contributed by atoms with Gasteiger partial charge in [-0.05, 0) is 48.9 Å². The molecule has 0 fully saturated rings. The number of carbonyl (C=O) groups excluding carboxylic acids is 1. The van der Waals surface area contributed by atoms with E-state index in [-0.39, 0.29) is 23.3 Å². The van der Waals surface area contributed by atoms with Gasteiger partial charge in [0.15, 0.2) is 5.16 Å². The highest BCUT2D eigenvalue weighted by atomic mass is 32.2. The third-order valence-corrected chi connectivity index (χ3v) is 6.58. The fraction of sp³-hybridized carbons (Fsp3) is 0.375. The molecule has 1 amide bonds. The highest BCUT2D eigenvalue weighted by Gasteiger charge is 2.22. The number of nitrogens with one attached hydrogen (secondary N) is 1. The minimum absolute atomic E-state index is 0.0221. The second kappa shape index (κ2) is 9.47. The molecule has 4 rings (SSSR count). The van der Waals surface area contributed by atoms with Crippen molar-refractivity contribution in [2.75, 3.05) is 5.75 Å². The summed E-state index contributed by atoms with van der Waals surface area (Å²) in [6, 6.07) is 15.8. The Bertz CT molecular complexity index is 1110. The number of benzene rings is 2. The van der Waals surface area contributed by atoms with Crippen molar-refractivity contribution in [3.05, 3.63) is 70.0 Å². The largest absolute Gasteiger partial charge is 0.349 e. The van der Waals surface area contributed by atoms with E-state index in [4.69, 9.17) is 0 Å². The quantitative estimate of drug-likeness (QED) is 0.451. The van der Waals surface area contributed by atoms with Crippen LogP contribution in [0.5, 0.6) is 0 Å². The lowest BCUT2D eigenvalue weighted by atomic mass is 9.88. The van der Waals surface area contributed by atoms with Crippen LogP contribution < -0.4 is 10.9 Å². The summed E-state index contributed by atoms with van der Waals surface area (Å²) in [5.74, 6) is 0.224. The van der Waals surface area contributed by atoms with Gasteiger partial charge < -0.3 is 5.32 Å². The lowest BCUT2D eigenvalue weighted by Gasteiger charge is -2.26. The van der Waals surface area contributed by atoms with Gasteiger partial charge in [0.25, 0.3) is 5.56 Å². The van der Waals surface area contributed by atoms with Crippen LogP contribution in [0.15, 0.2) is 58.5 Å². The van der Waals surface area contributed by atoms with E-state index in [9.17, 15) is 9.59 Å². The average molecular weight is 422 g/mol. The lowest BCUT2D eigenvalue weighted by molar-refractivity contribution is -0.119. The van der Waals surface area contributed by atoms with Gasteiger partial charge in [0, 0.05) is 6.54 Å². The van der Waals surface area contributed by atoms with Crippen LogP contribution in [-0.4, -0.2) is 21.2 Å². The van der Waals surface area contributed by atoms with Crippen molar-refractivity contribution < 1.29 is 4.79 Å². The molecule has 1 aromatic heterocycles. The number of hydrogen-bond acceptors (Lipinski definition) is 4. The molecule has 0 aliphatic heterocycles. The molecule has 1 aliphatic rings. The topological polar surface area (TPSA) is 64.0 Å². The zero-order valence-corrected chi connectivity index (χ0v) is 18.1. The Morgan fingerprint density at radius 2 is 2.00 bits per heavy atom. The van der Waals surface area contributed by atoms with Gasteiger partial charge in [0.1, 0.15) is 0 Å². The van der Waals surface area contributed by atoms with E-state index >= 15 is 0 Å². The Hall–Kier alpha value is -2.60. The second-order valence-electron chi connectivity index (χ2n) is 7.72. The van der Waals surface area contributed by atoms with E-state index in [0.29, 0.717) is 22.6 Å². The molecule has 1 aliphatic carbocycles. The number of unbranched alkanes of at least 4 members (excludes halogenated alkanes) is 1. The van der Waals surface area contributed by atoms with E-state index in [1.165, 1.54) is 22.9 Å². The summed E-state index contributed by atoms with van der Waals surface area (Å²) in [5, 5.41) is 4.43. The molecule has 30 heavy (non-hydrogen) atoms. The van der Waals surface area contributed by atoms with Gasteiger partial charge in [-0.15, -0.1) is 0 Å². The standard InChI is InChI=1S/C24H27N3O2S/c1-2-3-15-27-23(29)19-12-6-7-13-21(19)26-24(27)30-16-22(28)25-20-14-8-10-17-9-4-5-11-18(17)20/h4-7,9,11-13,20H,2-3,8,10,14-16H2,1H3,(H,25,28)/t20-/m0/s1. The predicted molar refractivity (Wildman–Crippen MR) is 122 cm³/mol. The number of thioether (sulfide) groups is 1. The van der Waals surface area contributed by atoms with Crippen molar-refractivity contribution in [3.8, 4) is 0 Å². The summed E-state index contributed by atoms with van der Waals surface area (Å²) >= 11 is 1.34. The number of fused-ring (bicyclic) bond motifs is 2. The normalized spacial score (nSPS) is 15.7. The Morgan fingerprint density at radius 3 is 2.87 bits per heavy atom. The summed E-state index contributed by atoms with van der Waals surface area (Å²) in [7, 11) is 0. The predicted octanol–water partition coefficient (Wildman–Crippen LogP) is 4.48. The van der Waals surface area contributed by atoms with Gasteiger partial charge in [-0.3, -0.25) is 14.2 Å². The van der Waals surface area contributed by atoms with Crippen LogP contribution in [0.3, 0.4) is 0 Å². The van der Waals surface area contributed by atoms with Gasteiger partial charge in [-0.25, -0.2) is 4.98 Å². The fourth-order valence-electron chi connectivity index (χ4n) is 4.04. The molecule has 3 aromatic rings. The molecule has 0 spiro atoms. The molecule has 0 unspecified atom stereocenters. The molecule has 0 bridgehead atoms. The molecule has 1 N–H and O–H groups in total. The van der Waals surface area contributed by atoms with Crippen molar-refractivity contribution >= 4 is 28.6 Å². The Morgan fingerprint density at radius 1 is 1.20 bits per heavy atom. The van der Waals surface area contributed by atoms with Crippen molar-refractivity contribution in [1.82, 2.24) is 14.9 Å². The number of aromatic nitrogens is 2.